The summed E-state index contributed by atoms with van der Waals surface area (Å²) in [6.45, 7) is 4.20. The van der Waals surface area contributed by atoms with Crippen LogP contribution in [0.4, 0.5) is 0 Å². The van der Waals surface area contributed by atoms with Crippen molar-refractivity contribution < 1.29 is 14.6 Å². The number of aliphatic hydroxyl groups is 1. The molecule has 0 spiro atoms. The number of hydrogen-bond donors (Lipinski definition) is 1. The van der Waals surface area contributed by atoms with Crippen molar-refractivity contribution >= 4 is 0 Å². The van der Waals surface area contributed by atoms with Crippen molar-refractivity contribution in [2.45, 2.75) is 44.8 Å². The molecule has 3 nitrogen and oxygen atoms in total. The van der Waals surface area contributed by atoms with Crippen LogP contribution in [0.15, 0.2) is 18.2 Å². The standard InChI is InChI=1S/C14H20O3/c1-4-14(5-2)9-12(15)11-7-6-10(16-3)8-13(11)17-14/h6-8,12,15H,4-5,9H2,1-3H3. The zero-order valence-corrected chi connectivity index (χ0v) is 10.7. The first-order valence-electron chi connectivity index (χ1n) is 6.19. The zero-order chi connectivity index (χ0) is 12.5. The molecule has 0 aliphatic carbocycles. The van der Waals surface area contributed by atoms with Gasteiger partial charge in [0.05, 0.1) is 13.2 Å². The minimum atomic E-state index is -0.440. The molecular formula is C14H20O3. The van der Waals surface area contributed by atoms with Gasteiger partial charge in [0.2, 0.25) is 0 Å². The van der Waals surface area contributed by atoms with Crippen LogP contribution in [0.5, 0.6) is 11.5 Å². The Labute approximate surface area is 102 Å². The fourth-order valence-corrected chi connectivity index (χ4v) is 2.43. The molecule has 1 aromatic rings. The van der Waals surface area contributed by atoms with Gasteiger partial charge in [0.25, 0.3) is 0 Å². The first-order valence-corrected chi connectivity index (χ1v) is 6.19. The van der Waals surface area contributed by atoms with E-state index in [2.05, 4.69) is 13.8 Å². The Hall–Kier alpha value is -1.22. The van der Waals surface area contributed by atoms with Crippen molar-refractivity contribution in [3.63, 3.8) is 0 Å². The summed E-state index contributed by atoms with van der Waals surface area (Å²) in [5.74, 6) is 1.52. The molecule has 0 radical (unpaired) electrons. The molecule has 1 aromatic carbocycles. The highest BCUT2D eigenvalue weighted by atomic mass is 16.5. The molecule has 94 valence electrons. The molecule has 0 fully saturated rings. The van der Waals surface area contributed by atoms with Crippen LogP contribution in [0.2, 0.25) is 0 Å². The van der Waals surface area contributed by atoms with E-state index in [0.29, 0.717) is 6.42 Å². The van der Waals surface area contributed by atoms with Crippen LogP contribution in [0.25, 0.3) is 0 Å². The molecule has 0 amide bonds. The highest BCUT2D eigenvalue weighted by Crippen LogP contribution is 2.43. The zero-order valence-electron chi connectivity index (χ0n) is 10.7. The number of rotatable bonds is 3. The molecule has 17 heavy (non-hydrogen) atoms. The lowest BCUT2D eigenvalue weighted by Gasteiger charge is -2.39. The van der Waals surface area contributed by atoms with E-state index in [4.69, 9.17) is 9.47 Å². The summed E-state index contributed by atoms with van der Waals surface area (Å²) in [5, 5.41) is 10.2. The van der Waals surface area contributed by atoms with Crippen LogP contribution in [-0.4, -0.2) is 17.8 Å². The van der Waals surface area contributed by atoms with Crippen molar-refractivity contribution in [1.29, 1.82) is 0 Å². The van der Waals surface area contributed by atoms with Gasteiger partial charge in [0.1, 0.15) is 17.1 Å². The fraction of sp³-hybridized carbons (Fsp3) is 0.571. The van der Waals surface area contributed by atoms with Gasteiger partial charge >= 0.3 is 0 Å². The molecule has 1 N–H and O–H groups in total. The molecule has 2 rings (SSSR count). The van der Waals surface area contributed by atoms with Gasteiger partial charge < -0.3 is 14.6 Å². The third-order valence-corrected chi connectivity index (χ3v) is 3.76. The fourth-order valence-electron chi connectivity index (χ4n) is 2.43. The van der Waals surface area contributed by atoms with Gasteiger partial charge in [-0.2, -0.15) is 0 Å². The Morgan fingerprint density at radius 2 is 2.12 bits per heavy atom. The molecule has 0 saturated carbocycles. The maximum atomic E-state index is 10.2. The molecular weight excluding hydrogens is 216 g/mol. The maximum absolute atomic E-state index is 10.2. The average Bonchev–Trinajstić information content (AvgIpc) is 2.37. The smallest absolute Gasteiger partial charge is 0.129 e. The van der Waals surface area contributed by atoms with E-state index in [9.17, 15) is 5.11 Å². The van der Waals surface area contributed by atoms with Crippen LogP contribution < -0.4 is 9.47 Å². The van der Waals surface area contributed by atoms with Crippen molar-refractivity contribution in [2.75, 3.05) is 7.11 Å². The Morgan fingerprint density at radius 3 is 2.71 bits per heavy atom. The molecule has 1 aliphatic heterocycles. The molecule has 1 atom stereocenters. The first-order chi connectivity index (χ1) is 8.14. The molecule has 0 bridgehead atoms. The van der Waals surface area contributed by atoms with Crippen LogP contribution in [0.3, 0.4) is 0 Å². The lowest BCUT2D eigenvalue weighted by atomic mass is 9.85. The van der Waals surface area contributed by atoms with Crippen molar-refractivity contribution in [3.8, 4) is 11.5 Å². The van der Waals surface area contributed by atoms with Gasteiger partial charge in [0, 0.05) is 18.1 Å². The summed E-state index contributed by atoms with van der Waals surface area (Å²) in [4.78, 5) is 0. The number of fused-ring (bicyclic) bond motifs is 1. The summed E-state index contributed by atoms with van der Waals surface area (Å²) in [6, 6.07) is 5.60. The summed E-state index contributed by atoms with van der Waals surface area (Å²) >= 11 is 0. The molecule has 0 saturated heterocycles. The van der Waals surface area contributed by atoms with Crippen LogP contribution in [0, 0.1) is 0 Å². The van der Waals surface area contributed by atoms with E-state index in [1.54, 1.807) is 7.11 Å². The van der Waals surface area contributed by atoms with E-state index in [1.165, 1.54) is 0 Å². The van der Waals surface area contributed by atoms with Gasteiger partial charge in [-0.25, -0.2) is 0 Å². The molecule has 3 heteroatoms. The number of aliphatic hydroxyl groups excluding tert-OH is 1. The molecule has 1 unspecified atom stereocenters. The third-order valence-electron chi connectivity index (χ3n) is 3.76. The molecule has 1 heterocycles. The minimum absolute atomic E-state index is 0.237. The van der Waals surface area contributed by atoms with E-state index in [1.807, 2.05) is 18.2 Å². The van der Waals surface area contributed by atoms with Crippen LogP contribution in [0.1, 0.15) is 44.8 Å². The van der Waals surface area contributed by atoms with Gasteiger partial charge in [-0.3, -0.25) is 0 Å². The normalized spacial score (nSPS) is 21.5. The third kappa shape index (κ3) is 2.12. The lowest BCUT2D eigenvalue weighted by molar-refractivity contribution is -0.0197. The largest absolute Gasteiger partial charge is 0.497 e. The van der Waals surface area contributed by atoms with Crippen LogP contribution in [-0.2, 0) is 0 Å². The van der Waals surface area contributed by atoms with Gasteiger partial charge in [-0.05, 0) is 25.0 Å². The van der Waals surface area contributed by atoms with Crippen molar-refractivity contribution in [3.05, 3.63) is 23.8 Å². The highest BCUT2D eigenvalue weighted by molar-refractivity contribution is 5.44. The number of hydrogen-bond acceptors (Lipinski definition) is 3. The van der Waals surface area contributed by atoms with Gasteiger partial charge in [-0.15, -0.1) is 0 Å². The van der Waals surface area contributed by atoms with E-state index < -0.39 is 6.10 Å². The van der Waals surface area contributed by atoms with E-state index in [0.717, 1.165) is 29.9 Å². The predicted octanol–water partition coefficient (Wildman–Crippen LogP) is 3.07. The quantitative estimate of drug-likeness (QED) is 0.876. The van der Waals surface area contributed by atoms with Gasteiger partial charge in [0.15, 0.2) is 0 Å². The first kappa shape index (κ1) is 12.2. The maximum Gasteiger partial charge on any atom is 0.129 e. The Morgan fingerprint density at radius 1 is 1.41 bits per heavy atom. The highest BCUT2D eigenvalue weighted by Gasteiger charge is 2.37. The Bertz CT molecular complexity index is 396. The second-order valence-electron chi connectivity index (χ2n) is 4.62. The van der Waals surface area contributed by atoms with Crippen LogP contribution >= 0.6 is 0 Å². The second kappa shape index (κ2) is 4.57. The van der Waals surface area contributed by atoms with E-state index >= 15 is 0 Å². The Kier molecular flexibility index (Phi) is 3.29. The number of benzene rings is 1. The van der Waals surface area contributed by atoms with Gasteiger partial charge in [-0.1, -0.05) is 13.8 Å². The predicted molar refractivity (Wildman–Crippen MR) is 66.5 cm³/mol. The van der Waals surface area contributed by atoms with E-state index in [-0.39, 0.29) is 5.60 Å². The lowest BCUT2D eigenvalue weighted by Crippen LogP contribution is -2.39. The summed E-state index contributed by atoms with van der Waals surface area (Å²) in [5.41, 5.74) is 0.627. The monoisotopic (exact) mass is 236 g/mol. The topological polar surface area (TPSA) is 38.7 Å². The van der Waals surface area contributed by atoms with Crippen molar-refractivity contribution in [2.24, 2.45) is 0 Å². The van der Waals surface area contributed by atoms with Crippen molar-refractivity contribution in [1.82, 2.24) is 0 Å². The second-order valence-corrected chi connectivity index (χ2v) is 4.62. The number of ether oxygens (including phenoxy) is 2. The summed E-state index contributed by atoms with van der Waals surface area (Å²) < 4.78 is 11.3. The summed E-state index contributed by atoms with van der Waals surface area (Å²) in [7, 11) is 1.63. The SMILES string of the molecule is CCC1(CC)CC(O)c2ccc(OC)cc2O1. The summed E-state index contributed by atoms with van der Waals surface area (Å²) in [6.07, 6.45) is 2.03. The molecule has 1 aliphatic rings. The average molecular weight is 236 g/mol. The Balaban J connectivity index is 2.39. The minimum Gasteiger partial charge on any atom is -0.497 e. The molecule has 0 aromatic heterocycles. The number of methoxy groups -OCH3 is 1.